The molecule has 1 aromatic carbocycles. The summed E-state index contributed by atoms with van der Waals surface area (Å²) in [5, 5.41) is 10.2. The van der Waals surface area contributed by atoms with E-state index in [1.807, 2.05) is 0 Å². The standard InChI is InChI=1S/C13H16BrFO/c14-11-8-10(6-7-12(11)15)13(16)9-4-2-1-3-5-9/h6-9,13,16H,1-5H2. The van der Waals surface area contributed by atoms with Gasteiger partial charge in [-0.1, -0.05) is 25.3 Å². The lowest BCUT2D eigenvalue weighted by Crippen LogP contribution is -2.16. The van der Waals surface area contributed by atoms with Gasteiger partial charge >= 0.3 is 0 Å². The minimum absolute atomic E-state index is 0.278. The highest BCUT2D eigenvalue weighted by atomic mass is 79.9. The number of benzene rings is 1. The largest absolute Gasteiger partial charge is 0.388 e. The zero-order valence-corrected chi connectivity index (χ0v) is 10.7. The SMILES string of the molecule is OC(c1ccc(F)c(Br)c1)C1CCCCC1. The lowest BCUT2D eigenvalue weighted by Gasteiger charge is -2.26. The second-order valence-corrected chi connectivity index (χ2v) is 5.37. The van der Waals surface area contributed by atoms with Gasteiger partial charge in [-0.05, 0) is 52.4 Å². The molecule has 0 heterocycles. The van der Waals surface area contributed by atoms with Crippen LogP contribution in [0.4, 0.5) is 4.39 Å². The van der Waals surface area contributed by atoms with Gasteiger partial charge in [0.15, 0.2) is 0 Å². The lowest BCUT2D eigenvalue weighted by atomic mass is 9.83. The molecule has 1 aliphatic rings. The van der Waals surface area contributed by atoms with E-state index in [2.05, 4.69) is 15.9 Å². The van der Waals surface area contributed by atoms with Gasteiger partial charge in [-0.15, -0.1) is 0 Å². The Hall–Kier alpha value is -0.410. The van der Waals surface area contributed by atoms with Gasteiger partial charge < -0.3 is 5.11 Å². The molecule has 0 saturated heterocycles. The van der Waals surface area contributed by atoms with Crippen LogP contribution >= 0.6 is 15.9 Å². The number of aliphatic hydroxyl groups is 1. The highest BCUT2D eigenvalue weighted by Crippen LogP contribution is 2.35. The molecule has 0 bridgehead atoms. The molecule has 1 atom stereocenters. The topological polar surface area (TPSA) is 20.2 Å². The van der Waals surface area contributed by atoms with Gasteiger partial charge in [-0.3, -0.25) is 0 Å². The van der Waals surface area contributed by atoms with Gasteiger partial charge in [-0.25, -0.2) is 4.39 Å². The van der Waals surface area contributed by atoms with Crippen LogP contribution in [0.3, 0.4) is 0 Å². The first kappa shape index (κ1) is 12.1. The van der Waals surface area contributed by atoms with E-state index in [4.69, 9.17) is 0 Å². The third kappa shape index (κ3) is 2.64. The second kappa shape index (κ2) is 5.28. The maximum absolute atomic E-state index is 13.1. The van der Waals surface area contributed by atoms with Gasteiger partial charge in [0.1, 0.15) is 5.82 Å². The summed E-state index contributed by atoms with van der Waals surface area (Å²) in [7, 11) is 0. The highest BCUT2D eigenvalue weighted by molar-refractivity contribution is 9.10. The fourth-order valence-electron chi connectivity index (χ4n) is 2.42. The number of hydrogen-bond donors (Lipinski definition) is 1. The van der Waals surface area contributed by atoms with E-state index in [-0.39, 0.29) is 5.82 Å². The molecule has 1 unspecified atom stereocenters. The van der Waals surface area contributed by atoms with Crippen molar-refractivity contribution in [3.63, 3.8) is 0 Å². The van der Waals surface area contributed by atoms with Crippen LogP contribution in [0.15, 0.2) is 22.7 Å². The van der Waals surface area contributed by atoms with E-state index in [1.165, 1.54) is 25.3 Å². The molecular weight excluding hydrogens is 271 g/mol. The quantitative estimate of drug-likeness (QED) is 0.864. The Morgan fingerprint density at radius 2 is 1.94 bits per heavy atom. The van der Waals surface area contributed by atoms with Gasteiger partial charge in [0, 0.05) is 0 Å². The molecule has 1 fully saturated rings. The molecule has 0 aliphatic heterocycles. The molecule has 2 rings (SSSR count). The van der Waals surface area contributed by atoms with Crippen molar-refractivity contribution in [2.24, 2.45) is 5.92 Å². The average Bonchev–Trinajstić information content (AvgIpc) is 2.33. The monoisotopic (exact) mass is 286 g/mol. The molecule has 0 aromatic heterocycles. The maximum Gasteiger partial charge on any atom is 0.137 e. The molecule has 1 saturated carbocycles. The van der Waals surface area contributed by atoms with Crippen molar-refractivity contribution in [1.29, 1.82) is 0 Å². The van der Waals surface area contributed by atoms with Crippen LogP contribution in [0.25, 0.3) is 0 Å². The Bertz CT molecular complexity index is 361. The summed E-state index contributed by atoms with van der Waals surface area (Å²) in [5.41, 5.74) is 0.820. The van der Waals surface area contributed by atoms with Crippen LogP contribution in [0.5, 0.6) is 0 Å². The number of hydrogen-bond acceptors (Lipinski definition) is 1. The van der Waals surface area contributed by atoms with E-state index in [1.54, 1.807) is 12.1 Å². The van der Waals surface area contributed by atoms with Crippen LogP contribution in [0, 0.1) is 11.7 Å². The smallest absolute Gasteiger partial charge is 0.137 e. The Labute approximate surface area is 104 Å². The van der Waals surface area contributed by atoms with Crippen molar-refractivity contribution in [3.05, 3.63) is 34.1 Å². The molecule has 1 N–H and O–H groups in total. The predicted octanol–water partition coefficient (Wildman–Crippen LogP) is 4.20. The van der Waals surface area contributed by atoms with Crippen molar-refractivity contribution in [2.75, 3.05) is 0 Å². The summed E-state index contributed by atoms with van der Waals surface area (Å²) in [6.45, 7) is 0. The van der Waals surface area contributed by atoms with E-state index in [0.29, 0.717) is 10.4 Å². The number of rotatable bonds is 2. The van der Waals surface area contributed by atoms with Crippen LogP contribution in [-0.2, 0) is 0 Å². The summed E-state index contributed by atoms with van der Waals surface area (Å²) in [6, 6.07) is 4.78. The molecule has 1 nitrogen and oxygen atoms in total. The van der Waals surface area contributed by atoms with Crippen molar-refractivity contribution >= 4 is 15.9 Å². The Morgan fingerprint density at radius 1 is 1.25 bits per heavy atom. The van der Waals surface area contributed by atoms with E-state index in [9.17, 15) is 9.50 Å². The first-order valence-corrected chi connectivity index (χ1v) is 6.61. The van der Waals surface area contributed by atoms with Gasteiger partial charge in [0.25, 0.3) is 0 Å². The number of aliphatic hydroxyl groups excluding tert-OH is 1. The summed E-state index contributed by atoms with van der Waals surface area (Å²) in [5.74, 6) is 0.0608. The fourth-order valence-corrected chi connectivity index (χ4v) is 2.81. The van der Waals surface area contributed by atoms with Crippen LogP contribution in [0.1, 0.15) is 43.8 Å². The van der Waals surface area contributed by atoms with Crippen molar-refractivity contribution in [3.8, 4) is 0 Å². The van der Waals surface area contributed by atoms with Gasteiger partial charge in [-0.2, -0.15) is 0 Å². The molecule has 88 valence electrons. The van der Waals surface area contributed by atoms with Gasteiger partial charge in [0.2, 0.25) is 0 Å². The molecule has 0 amide bonds. The predicted molar refractivity (Wildman–Crippen MR) is 65.6 cm³/mol. The minimum Gasteiger partial charge on any atom is -0.388 e. The third-order valence-corrected chi connectivity index (χ3v) is 3.99. The maximum atomic E-state index is 13.1. The molecule has 0 spiro atoms. The number of halogens is 2. The summed E-state index contributed by atoms with van der Waals surface area (Å²) in [4.78, 5) is 0. The zero-order valence-electron chi connectivity index (χ0n) is 9.13. The Kier molecular flexibility index (Phi) is 3.98. The van der Waals surface area contributed by atoms with Crippen LogP contribution < -0.4 is 0 Å². The lowest BCUT2D eigenvalue weighted by molar-refractivity contribution is 0.0847. The minimum atomic E-state index is -0.447. The van der Waals surface area contributed by atoms with Crippen molar-refractivity contribution < 1.29 is 9.50 Å². The van der Waals surface area contributed by atoms with Crippen molar-refractivity contribution in [1.82, 2.24) is 0 Å². The van der Waals surface area contributed by atoms with Gasteiger partial charge in [0.05, 0.1) is 10.6 Å². The normalized spacial score (nSPS) is 19.7. The molecule has 0 radical (unpaired) electrons. The van der Waals surface area contributed by atoms with Crippen LogP contribution in [-0.4, -0.2) is 5.11 Å². The fraction of sp³-hybridized carbons (Fsp3) is 0.538. The van der Waals surface area contributed by atoms with Crippen molar-refractivity contribution in [2.45, 2.75) is 38.2 Å². The third-order valence-electron chi connectivity index (χ3n) is 3.38. The molecule has 16 heavy (non-hydrogen) atoms. The second-order valence-electron chi connectivity index (χ2n) is 4.52. The first-order chi connectivity index (χ1) is 7.68. The van der Waals surface area contributed by atoms with Crippen LogP contribution in [0.2, 0.25) is 0 Å². The highest BCUT2D eigenvalue weighted by Gasteiger charge is 2.23. The summed E-state index contributed by atoms with van der Waals surface area (Å²) in [6.07, 6.45) is 5.38. The molecular formula is C13H16BrFO. The van der Waals surface area contributed by atoms with E-state index in [0.717, 1.165) is 18.4 Å². The Morgan fingerprint density at radius 3 is 2.56 bits per heavy atom. The zero-order chi connectivity index (χ0) is 11.5. The molecule has 1 aliphatic carbocycles. The van der Waals surface area contributed by atoms with E-state index < -0.39 is 6.10 Å². The Balaban J connectivity index is 2.12. The summed E-state index contributed by atoms with van der Waals surface area (Å²) >= 11 is 3.15. The average molecular weight is 287 g/mol. The van der Waals surface area contributed by atoms with E-state index >= 15 is 0 Å². The molecule has 3 heteroatoms. The first-order valence-electron chi connectivity index (χ1n) is 5.81. The summed E-state index contributed by atoms with van der Waals surface area (Å²) < 4.78 is 13.5. The molecule has 1 aromatic rings.